The first-order valence-electron chi connectivity index (χ1n) is 8.42. The van der Waals surface area contributed by atoms with Crippen molar-refractivity contribution in [3.05, 3.63) is 82.1 Å². The molecule has 0 spiro atoms. The second kappa shape index (κ2) is 8.88. The van der Waals surface area contributed by atoms with Crippen LogP contribution in [0, 0.1) is 0 Å². The second-order valence-electron chi connectivity index (χ2n) is 5.94. The minimum absolute atomic E-state index is 0.00325. The molecule has 0 aliphatic carbocycles. The lowest BCUT2D eigenvalue weighted by Crippen LogP contribution is -2.25. The number of halogens is 2. The Balaban J connectivity index is 1.44. The minimum Gasteiger partial charge on any atom is -0.356 e. The van der Waals surface area contributed by atoms with E-state index in [9.17, 15) is 4.79 Å². The first-order chi connectivity index (χ1) is 12.6. The summed E-state index contributed by atoms with van der Waals surface area (Å²) in [6.45, 7) is 0.572. The van der Waals surface area contributed by atoms with Crippen LogP contribution >= 0.6 is 23.2 Å². The number of nitrogens with zero attached hydrogens (tertiary/aromatic N) is 2. The molecule has 0 unspecified atom stereocenters. The summed E-state index contributed by atoms with van der Waals surface area (Å²) in [5.74, 6) is -0.00325. The number of nitrogens with one attached hydrogen (secondary N) is 1. The van der Waals surface area contributed by atoms with E-state index in [-0.39, 0.29) is 5.91 Å². The van der Waals surface area contributed by atoms with Crippen LogP contribution < -0.4 is 5.32 Å². The van der Waals surface area contributed by atoms with Gasteiger partial charge in [0.1, 0.15) is 0 Å². The van der Waals surface area contributed by atoms with Gasteiger partial charge >= 0.3 is 0 Å². The highest BCUT2D eigenvalue weighted by atomic mass is 35.5. The fourth-order valence-electron chi connectivity index (χ4n) is 2.64. The number of carbonyl (C=O) groups excluding carboxylic acids is 1. The molecule has 0 atom stereocenters. The van der Waals surface area contributed by atoms with Gasteiger partial charge in [0, 0.05) is 19.2 Å². The van der Waals surface area contributed by atoms with Crippen molar-refractivity contribution in [1.82, 2.24) is 15.1 Å². The summed E-state index contributed by atoms with van der Waals surface area (Å²) < 4.78 is 1.83. The molecule has 0 aliphatic rings. The lowest BCUT2D eigenvalue weighted by Gasteiger charge is -2.07. The fraction of sp³-hybridized carbons (Fsp3) is 0.200. The summed E-state index contributed by atoms with van der Waals surface area (Å²) in [7, 11) is 0. The first kappa shape index (κ1) is 18.5. The smallest absolute Gasteiger partial charge is 0.220 e. The third kappa shape index (κ3) is 4.87. The van der Waals surface area contributed by atoms with Crippen molar-refractivity contribution >= 4 is 29.1 Å². The zero-order valence-corrected chi connectivity index (χ0v) is 15.7. The number of amides is 1. The molecule has 0 saturated heterocycles. The Kier molecular flexibility index (Phi) is 6.31. The van der Waals surface area contributed by atoms with Gasteiger partial charge in [0.2, 0.25) is 5.91 Å². The first-order valence-corrected chi connectivity index (χ1v) is 9.17. The van der Waals surface area contributed by atoms with Gasteiger partial charge in [-0.1, -0.05) is 53.5 Å². The van der Waals surface area contributed by atoms with Crippen molar-refractivity contribution in [3.8, 4) is 5.69 Å². The van der Waals surface area contributed by atoms with Crippen molar-refractivity contribution in [3.63, 3.8) is 0 Å². The van der Waals surface area contributed by atoms with Crippen LogP contribution in [-0.2, 0) is 17.6 Å². The maximum atomic E-state index is 12.0. The van der Waals surface area contributed by atoms with Crippen molar-refractivity contribution in [2.75, 3.05) is 6.54 Å². The second-order valence-corrected chi connectivity index (χ2v) is 6.73. The highest BCUT2D eigenvalue weighted by molar-refractivity contribution is 6.42. The Morgan fingerprint density at radius 3 is 2.65 bits per heavy atom. The molecule has 0 fully saturated rings. The summed E-state index contributed by atoms with van der Waals surface area (Å²) in [4.78, 5) is 12.0. The number of hydrogen-bond donors (Lipinski definition) is 1. The third-order valence-electron chi connectivity index (χ3n) is 4.05. The Labute approximate surface area is 162 Å². The average Bonchev–Trinajstić information content (AvgIpc) is 3.13. The quantitative estimate of drug-likeness (QED) is 0.649. The number of benzene rings is 2. The number of aryl methyl sites for hydroxylation is 1. The van der Waals surface area contributed by atoms with Crippen molar-refractivity contribution in [2.24, 2.45) is 0 Å². The van der Waals surface area contributed by atoms with Crippen LogP contribution in [0.15, 0.2) is 60.9 Å². The van der Waals surface area contributed by atoms with Gasteiger partial charge in [-0.3, -0.25) is 4.79 Å². The molecule has 6 heteroatoms. The Morgan fingerprint density at radius 2 is 1.85 bits per heavy atom. The Morgan fingerprint density at radius 1 is 1.04 bits per heavy atom. The number of aromatic nitrogens is 2. The zero-order chi connectivity index (χ0) is 18.4. The van der Waals surface area contributed by atoms with Gasteiger partial charge in [-0.15, -0.1) is 0 Å². The van der Waals surface area contributed by atoms with E-state index in [0.29, 0.717) is 29.4 Å². The van der Waals surface area contributed by atoms with E-state index in [1.165, 1.54) is 0 Å². The van der Waals surface area contributed by atoms with E-state index in [4.69, 9.17) is 23.2 Å². The molecule has 26 heavy (non-hydrogen) atoms. The van der Waals surface area contributed by atoms with Crippen LogP contribution in [0.4, 0.5) is 0 Å². The van der Waals surface area contributed by atoms with Crippen molar-refractivity contribution < 1.29 is 4.79 Å². The summed E-state index contributed by atoms with van der Waals surface area (Å²) in [6, 6.07) is 15.4. The van der Waals surface area contributed by atoms with Crippen molar-refractivity contribution in [2.45, 2.75) is 19.3 Å². The number of carbonyl (C=O) groups is 1. The van der Waals surface area contributed by atoms with Crippen LogP contribution in [0.25, 0.3) is 5.69 Å². The lowest BCUT2D eigenvalue weighted by molar-refractivity contribution is -0.121. The van der Waals surface area contributed by atoms with Crippen molar-refractivity contribution in [1.29, 1.82) is 0 Å². The van der Waals surface area contributed by atoms with Gasteiger partial charge in [-0.05, 0) is 42.2 Å². The molecule has 0 aliphatic heterocycles. The molecule has 0 saturated carbocycles. The summed E-state index contributed by atoms with van der Waals surface area (Å²) >= 11 is 12.1. The molecule has 4 nitrogen and oxygen atoms in total. The van der Waals surface area contributed by atoms with Crippen LogP contribution in [-0.4, -0.2) is 22.2 Å². The standard InChI is InChI=1S/C20H19Cl2N3O/c21-18-8-4-5-16(20(18)22)9-10-19(26)23-12-11-15-13-24-25(14-15)17-6-2-1-3-7-17/h1-8,13-14H,9-12H2,(H,23,26). The van der Waals surface area contributed by atoms with Gasteiger partial charge < -0.3 is 5.32 Å². The Hall–Kier alpha value is -2.30. The van der Waals surface area contributed by atoms with Gasteiger partial charge in [0.05, 0.1) is 21.9 Å². The topological polar surface area (TPSA) is 46.9 Å². The van der Waals surface area contributed by atoms with E-state index in [1.807, 2.05) is 59.5 Å². The molecule has 3 rings (SSSR count). The molecular weight excluding hydrogens is 369 g/mol. The molecule has 1 amide bonds. The summed E-state index contributed by atoms with van der Waals surface area (Å²) in [6.07, 6.45) is 5.48. The summed E-state index contributed by atoms with van der Waals surface area (Å²) in [5.41, 5.74) is 2.98. The molecule has 134 valence electrons. The molecule has 0 bridgehead atoms. The van der Waals surface area contributed by atoms with Crippen LogP contribution in [0.1, 0.15) is 17.5 Å². The van der Waals surface area contributed by atoms with Gasteiger partial charge in [0.15, 0.2) is 0 Å². The molecule has 2 aromatic carbocycles. The van der Waals surface area contributed by atoms with Gasteiger partial charge in [0.25, 0.3) is 0 Å². The molecule has 0 radical (unpaired) electrons. The highest BCUT2D eigenvalue weighted by Gasteiger charge is 2.08. The average molecular weight is 388 g/mol. The van der Waals surface area contributed by atoms with E-state index in [0.717, 1.165) is 23.2 Å². The van der Waals surface area contributed by atoms with E-state index in [1.54, 1.807) is 6.07 Å². The largest absolute Gasteiger partial charge is 0.356 e. The number of rotatable bonds is 7. The SMILES string of the molecule is O=C(CCc1cccc(Cl)c1Cl)NCCc1cnn(-c2ccccc2)c1. The fourth-order valence-corrected chi connectivity index (χ4v) is 3.05. The predicted octanol–water partition coefficient (Wildman–Crippen LogP) is 4.47. The normalized spacial score (nSPS) is 10.7. The van der Waals surface area contributed by atoms with E-state index >= 15 is 0 Å². The number of para-hydroxylation sites is 1. The minimum atomic E-state index is -0.00325. The molecule has 1 aromatic heterocycles. The molecule has 1 heterocycles. The van der Waals surface area contributed by atoms with Crippen LogP contribution in [0.3, 0.4) is 0 Å². The lowest BCUT2D eigenvalue weighted by atomic mass is 10.1. The monoisotopic (exact) mass is 387 g/mol. The Bertz CT molecular complexity index is 878. The zero-order valence-electron chi connectivity index (χ0n) is 14.2. The van der Waals surface area contributed by atoms with Gasteiger partial charge in [-0.25, -0.2) is 4.68 Å². The predicted molar refractivity (Wildman–Crippen MR) is 105 cm³/mol. The highest BCUT2D eigenvalue weighted by Crippen LogP contribution is 2.26. The molecule has 1 N–H and O–H groups in total. The maximum Gasteiger partial charge on any atom is 0.220 e. The van der Waals surface area contributed by atoms with Crippen LogP contribution in [0.5, 0.6) is 0 Å². The molecular formula is C20H19Cl2N3O. The number of hydrogen-bond acceptors (Lipinski definition) is 2. The maximum absolute atomic E-state index is 12.0. The summed E-state index contributed by atoms with van der Waals surface area (Å²) in [5, 5.41) is 8.32. The van der Waals surface area contributed by atoms with Crippen LogP contribution in [0.2, 0.25) is 10.0 Å². The van der Waals surface area contributed by atoms with E-state index < -0.39 is 0 Å². The van der Waals surface area contributed by atoms with E-state index in [2.05, 4.69) is 10.4 Å². The molecule has 3 aromatic rings. The third-order valence-corrected chi connectivity index (χ3v) is 4.90. The van der Waals surface area contributed by atoms with Gasteiger partial charge in [-0.2, -0.15) is 5.10 Å².